The zero-order valence-electron chi connectivity index (χ0n) is 14.2. The van der Waals surface area contributed by atoms with Gasteiger partial charge < -0.3 is 10.6 Å². The van der Waals surface area contributed by atoms with Gasteiger partial charge in [-0.15, -0.1) is 0 Å². The molecule has 3 N–H and O–H groups in total. The summed E-state index contributed by atoms with van der Waals surface area (Å²) in [6.07, 6.45) is 0.699. The van der Waals surface area contributed by atoms with Crippen molar-refractivity contribution >= 4 is 17.8 Å². The van der Waals surface area contributed by atoms with Crippen LogP contribution < -0.4 is 16.0 Å². The second-order valence-electron chi connectivity index (χ2n) is 7.81. The molecule has 6 nitrogen and oxygen atoms in total. The maximum atomic E-state index is 12.6. The average Bonchev–Trinajstić information content (AvgIpc) is 2.77. The van der Waals surface area contributed by atoms with Crippen LogP contribution in [0.1, 0.15) is 45.2 Å². The van der Waals surface area contributed by atoms with Crippen LogP contribution in [0.3, 0.4) is 0 Å². The van der Waals surface area contributed by atoms with Crippen molar-refractivity contribution in [3.8, 4) is 0 Å². The monoisotopic (exact) mass is 329 g/mol. The van der Waals surface area contributed by atoms with Crippen LogP contribution >= 0.6 is 0 Å². The van der Waals surface area contributed by atoms with E-state index in [-0.39, 0.29) is 29.2 Å². The van der Waals surface area contributed by atoms with Gasteiger partial charge in [-0.3, -0.25) is 14.9 Å². The number of nitrogens with one attached hydrogen (secondary N) is 3. The number of hydrogen-bond acceptors (Lipinski definition) is 3. The number of imide groups is 1. The number of carbonyl (C=O) groups is 3. The summed E-state index contributed by atoms with van der Waals surface area (Å²) >= 11 is 0. The molecule has 1 aliphatic heterocycles. The van der Waals surface area contributed by atoms with Gasteiger partial charge in [0.05, 0.1) is 6.04 Å². The molecule has 3 rings (SSSR count). The molecule has 2 aliphatic rings. The molecule has 1 aromatic rings. The van der Waals surface area contributed by atoms with Gasteiger partial charge in [0.1, 0.15) is 5.54 Å². The van der Waals surface area contributed by atoms with E-state index in [1.165, 1.54) is 0 Å². The largest absolute Gasteiger partial charge is 0.349 e. The molecule has 1 heterocycles. The molecular formula is C18H23N3O3. The fourth-order valence-electron chi connectivity index (χ4n) is 3.49. The Morgan fingerprint density at radius 2 is 1.83 bits per heavy atom. The Hall–Kier alpha value is -2.37. The summed E-state index contributed by atoms with van der Waals surface area (Å²) in [6, 6.07) is 9.27. The van der Waals surface area contributed by atoms with E-state index >= 15 is 0 Å². The maximum Gasteiger partial charge on any atom is 0.322 e. The highest BCUT2D eigenvalue weighted by molar-refractivity contribution is 6.08. The van der Waals surface area contributed by atoms with Crippen molar-refractivity contribution in [1.29, 1.82) is 0 Å². The number of urea groups is 1. The van der Waals surface area contributed by atoms with Gasteiger partial charge in [-0.05, 0) is 23.8 Å². The maximum absolute atomic E-state index is 12.6. The number of rotatable bonds is 3. The Labute approximate surface area is 141 Å². The van der Waals surface area contributed by atoms with Gasteiger partial charge >= 0.3 is 6.03 Å². The Kier molecular flexibility index (Phi) is 3.86. The Bertz CT molecular complexity index is 672. The SMILES string of the molecule is CC(C)(C)C(NC(=O)C1CC2(C1)NC(=O)NC2=O)c1ccccc1. The number of carbonyl (C=O) groups excluding carboxylic acids is 3. The number of hydrogen-bond donors (Lipinski definition) is 3. The second kappa shape index (κ2) is 5.61. The lowest BCUT2D eigenvalue weighted by molar-refractivity contribution is -0.137. The average molecular weight is 329 g/mol. The third-order valence-corrected chi connectivity index (χ3v) is 4.86. The summed E-state index contributed by atoms with van der Waals surface area (Å²) < 4.78 is 0. The summed E-state index contributed by atoms with van der Waals surface area (Å²) in [5.74, 6) is -0.659. The number of amides is 4. The van der Waals surface area contributed by atoms with Crippen LogP contribution in [0.2, 0.25) is 0 Å². The van der Waals surface area contributed by atoms with Gasteiger partial charge in [-0.2, -0.15) is 0 Å². The molecule has 1 saturated carbocycles. The van der Waals surface area contributed by atoms with Crippen molar-refractivity contribution < 1.29 is 14.4 Å². The van der Waals surface area contributed by atoms with Gasteiger partial charge in [0.25, 0.3) is 5.91 Å². The van der Waals surface area contributed by atoms with Crippen molar-refractivity contribution in [1.82, 2.24) is 16.0 Å². The van der Waals surface area contributed by atoms with Crippen molar-refractivity contribution in [3.05, 3.63) is 35.9 Å². The molecule has 0 bridgehead atoms. The van der Waals surface area contributed by atoms with Crippen molar-refractivity contribution in [2.45, 2.75) is 45.2 Å². The predicted molar refractivity (Wildman–Crippen MR) is 88.9 cm³/mol. The van der Waals surface area contributed by atoms with E-state index in [0.717, 1.165) is 5.56 Å². The quantitative estimate of drug-likeness (QED) is 0.740. The van der Waals surface area contributed by atoms with Gasteiger partial charge in [-0.25, -0.2) is 4.79 Å². The van der Waals surface area contributed by atoms with Crippen molar-refractivity contribution in [2.24, 2.45) is 11.3 Å². The van der Waals surface area contributed by atoms with Crippen LogP contribution in [0.4, 0.5) is 4.79 Å². The van der Waals surface area contributed by atoms with Crippen LogP contribution in [-0.4, -0.2) is 23.4 Å². The van der Waals surface area contributed by atoms with E-state index in [1.807, 2.05) is 30.3 Å². The Morgan fingerprint density at radius 3 is 2.33 bits per heavy atom. The molecule has 128 valence electrons. The molecule has 6 heteroatoms. The van der Waals surface area contributed by atoms with E-state index in [9.17, 15) is 14.4 Å². The Morgan fingerprint density at radius 1 is 1.21 bits per heavy atom. The molecule has 0 radical (unpaired) electrons. The third kappa shape index (κ3) is 2.88. The summed E-state index contributed by atoms with van der Waals surface area (Å²) in [5.41, 5.74) is 0.0276. The molecule has 4 amide bonds. The van der Waals surface area contributed by atoms with Crippen LogP contribution in [0.25, 0.3) is 0 Å². The summed E-state index contributed by atoms with van der Waals surface area (Å²) in [4.78, 5) is 35.8. The third-order valence-electron chi connectivity index (χ3n) is 4.86. The lowest BCUT2D eigenvalue weighted by Gasteiger charge is -2.42. The molecule has 1 unspecified atom stereocenters. The van der Waals surface area contributed by atoms with E-state index < -0.39 is 11.6 Å². The zero-order chi connectivity index (χ0) is 17.5. The molecule has 2 fully saturated rings. The normalized spacial score (nSPS) is 27.2. The van der Waals surface area contributed by atoms with Crippen molar-refractivity contribution in [2.75, 3.05) is 0 Å². The highest BCUT2D eigenvalue weighted by atomic mass is 16.2. The number of benzene rings is 1. The van der Waals surface area contributed by atoms with Crippen LogP contribution in [-0.2, 0) is 9.59 Å². The van der Waals surface area contributed by atoms with Crippen LogP contribution in [0.5, 0.6) is 0 Å². The van der Waals surface area contributed by atoms with Crippen molar-refractivity contribution in [3.63, 3.8) is 0 Å². The van der Waals surface area contributed by atoms with Crippen LogP contribution in [0, 0.1) is 11.3 Å². The smallest absolute Gasteiger partial charge is 0.322 e. The first-order valence-electron chi connectivity index (χ1n) is 8.20. The minimum atomic E-state index is -0.886. The molecule has 1 aromatic carbocycles. The van der Waals surface area contributed by atoms with Gasteiger partial charge in [0.15, 0.2) is 0 Å². The lowest BCUT2D eigenvalue weighted by atomic mass is 9.67. The standard InChI is InChI=1S/C18H23N3O3/c1-17(2,3)13(11-7-5-4-6-8-11)19-14(22)12-9-18(10-12)15(23)20-16(24)21-18/h4-8,12-13H,9-10H2,1-3H3,(H,19,22)(H2,20,21,23,24). The first-order valence-corrected chi connectivity index (χ1v) is 8.20. The molecule has 1 atom stereocenters. The first kappa shape index (κ1) is 16.5. The minimum absolute atomic E-state index is 0.0710. The van der Waals surface area contributed by atoms with Gasteiger partial charge in [-0.1, -0.05) is 51.1 Å². The molecule has 1 aliphatic carbocycles. The first-order chi connectivity index (χ1) is 11.2. The topological polar surface area (TPSA) is 87.3 Å². The van der Waals surface area contributed by atoms with Gasteiger partial charge in [0.2, 0.25) is 5.91 Å². The molecular weight excluding hydrogens is 306 g/mol. The van der Waals surface area contributed by atoms with E-state index in [4.69, 9.17) is 0 Å². The summed E-state index contributed by atoms with van der Waals surface area (Å²) in [7, 11) is 0. The summed E-state index contributed by atoms with van der Waals surface area (Å²) in [5, 5.41) is 8.00. The highest BCUT2D eigenvalue weighted by Gasteiger charge is 2.57. The molecule has 1 spiro atoms. The minimum Gasteiger partial charge on any atom is -0.349 e. The zero-order valence-corrected chi connectivity index (χ0v) is 14.2. The molecule has 0 aromatic heterocycles. The van der Waals surface area contributed by atoms with Crippen LogP contribution in [0.15, 0.2) is 30.3 Å². The predicted octanol–water partition coefficient (Wildman–Crippen LogP) is 1.88. The lowest BCUT2D eigenvalue weighted by Crippen LogP contribution is -2.60. The van der Waals surface area contributed by atoms with E-state index in [2.05, 4.69) is 36.7 Å². The molecule has 24 heavy (non-hydrogen) atoms. The second-order valence-corrected chi connectivity index (χ2v) is 7.81. The molecule has 1 saturated heterocycles. The highest BCUT2D eigenvalue weighted by Crippen LogP contribution is 2.41. The van der Waals surface area contributed by atoms with E-state index in [0.29, 0.717) is 12.8 Å². The fourth-order valence-corrected chi connectivity index (χ4v) is 3.49. The summed E-state index contributed by atoms with van der Waals surface area (Å²) in [6.45, 7) is 6.24. The fraction of sp³-hybridized carbons (Fsp3) is 0.500. The van der Waals surface area contributed by atoms with Gasteiger partial charge in [0, 0.05) is 5.92 Å². The Balaban J connectivity index is 1.68. The van der Waals surface area contributed by atoms with E-state index in [1.54, 1.807) is 0 Å².